The maximum atomic E-state index is 12.0. The Morgan fingerprint density at radius 2 is 2.18 bits per heavy atom. The van der Waals surface area contributed by atoms with Crippen molar-refractivity contribution in [1.29, 1.82) is 0 Å². The molecule has 4 nitrogen and oxygen atoms in total. The van der Waals surface area contributed by atoms with E-state index in [1.807, 2.05) is 5.38 Å². The smallest absolute Gasteiger partial charge is 0.263 e. The van der Waals surface area contributed by atoms with Crippen molar-refractivity contribution in [3.05, 3.63) is 22.4 Å². The zero-order valence-electron chi connectivity index (χ0n) is 10.2. The summed E-state index contributed by atoms with van der Waals surface area (Å²) >= 11 is 1.36. The number of hydrogen-bond donors (Lipinski definition) is 0. The van der Waals surface area contributed by atoms with Gasteiger partial charge in [0.15, 0.2) is 9.84 Å². The van der Waals surface area contributed by atoms with E-state index in [0.29, 0.717) is 4.88 Å². The molecule has 0 saturated carbocycles. The molecule has 6 heteroatoms. The van der Waals surface area contributed by atoms with Gasteiger partial charge in [0.25, 0.3) is 5.91 Å². The lowest BCUT2D eigenvalue weighted by molar-refractivity contribution is 0.0761. The van der Waals surface area contributed by atoms with Gasteiger partial charge in [-0.1, -0.05) is 13.0 Å². The first-order chi connectivity index (χ1) is 7.87. The van der Waals surface area contributed by atoms with Crippen LogP contribution in [0.15, 0.2) is 17.5 Å². The Morgan fingerprint density at radius 3 is 2.65 bits per heavy atom. The van der Waals surface area contributed by atoms with E-state index in [-0.39, 0.29) is 23.5 Å². The van der Waals surface area contributed by atoms with Crippen LogP contribution in [-0.2, 0) is 9.84 Å². The molecule has 0 spiro atoms. The highest BCUT2D eigenvalue weighted by atomic mass is 32.2. The molecule has 0 N–H and O–H groups in total. The Kier molecular flexibility index (Phi) is 4.70. The molecule has 0 aliphatic carbocycles. The SMILES string of the molecule is CCS(=O)(=O)CC(C)N(C)C(=O)c1cccs1. The molecule has 0 aliphatic rings. The maximum absolute atomic E-state index is 12.0. The van der Waals surface area contributed by atoms with Crippen molar-refractivity contribution < 1.29 is 13.2 Å². The summed E-state index contributed by atoms with van der Waals surface area (Å²) in [5, 5.41) is 1.83. The summed E-state index contributed by atoms with van der Waals surface area (Å²) in [7, 11) is -1.42. The van der Waals surface area contributed by atoms with Crippen LogP contribution in [-0.4, -0.2) is 43.8 Å². The minimum Gasteiger partial charge on any atom is -0.337 e. The van der Waals surface area contributed by atoms with Gasteiger partial charge in [0.05, 0.1) is 10.6 Å². The molecule has 1 unspecified atom stereocenters. The predicted molar refractivity (Wildman–Crippen MR) is 70.2 cm³/mol. The molecule has 0 bridgehead atoms. The van der Waals surface area contributed by atoms with Gasteiger partial charge in [-0.25, -0.2) is 8.42 Å². The van der Waals surface area contributed by atoms with Crippen molar-refractivity contribution in [1.82, 2.24) is 4.90 Å². The van der Waals surface area contributed by atoms with Crippen molar-refractivity contribution in [3.63, 3.8) is 0 Å². The number of carbonyl (C=O) groups is 1. The van der Waals surface area contributed by atoms with Gasteiger partial charge in [0, 0.05) is 18.8 Å². The second kappa shape index (κ2) is 5.64. The lowest BCUT2D eigenvalue weighted by Gasteiger charge is -2.24. The van der Waals surface area contributed by atoms with Crippen LogP contribution < -0.4 is 0 Å². The van der Waals surface area contributed by atoms with Gasteiger partial charge in [-0.15, -0.1) is 11.3 Å². The van der Waals surface area contributed by atoms with Crippen LogP contribution in [0.2, 0.25) is 0 Å². The summed E-state index contributed by atoms with van der Waals surface area (Å²) in [6.07, 6.45) is 0. The van der Waals surface area contributed by atoms with Gasteiger partial charge < -0.3 is 4.90 Å². The quantitative estimate of drug-likeness (QED) is 0.821. The van der Waals surface area contributed by atoms with Crippen molar-refractivity contribution in [2.24, 2.45) is 0 Å². The Labute approximate surface area is 106 Å². The average molecular weight is 275 g/mol. The molecule has 0 aromatic carbocycles. The molecule has 1 rings (SSSR count). The summed E-state index contributed by atoms with van der Waals surface area (Å²) in [5.74, 6) is -0.00558. The van der Waals surface area contributed by atoms with Crippen molar-refractivity contribution in [2.75, 3.05) is 18.6 Å². The molecule has 0 saturated heterocycles. The number of amides is 1. The summed E-state index contributed by atoms with van der Waals surface area (Å²) in [6.45, 7) is 3.36. The van der Waals surface area contributed by atoms with E-state index in [0.717, 1.165) is 0 Å². The number of thiophene rings is 1. The number of hydrogen-bond acceptors (Lipinski definition) is 4. The van der Waals surface area contributed by atoms with E-state index in [1.54, 1.807) is 33.0 Å². The highest BCUT2D eigenvalue weighted by Crippen LogP contribution is 2.13. The van der Waals surface area contributed by atoms with E-state index in [2.05, 4.69) is 0 Å². The third-order valence-corrected chi connectivity index (χ3v) is 5.38. The molecule has 0 radical (unpaired) electrons. The van der Waals surface area contributed by atoms with Crippen LogP contribution in [0, 0.1) is 0 Å². The highest BCUT2D eigenvalue weighted by Gasteiger charge is 2.22. The summed E-state index contributed by atoms with van der Waals surface area (Å²) in [5.41, 5.74) is 0. The first-order valence-corrected chi connectivity index (χ1v) is 8.08. The molecule has 1 amide bonds. The number of carbonyl (C=O) groups excluding carboxylic acids is 1. The topological polar surface area (TPSA) is 54.5 Å². The third kappa shape index (κ3) is 3.81. The van der Waals surface area contributed by atoms with Crippen molar-refractivity contribution >= 4 is 27.1 Å². The zero-order chi connectivity index (χ0) is 13.1. The van der Waals surface area contributed by atoms with Crippen LogP contribution in [0.5, 0.6) is 0 Å². The second-order valence-corrected chi connectivity index (χ2v) is 7.29. The highest BCUT2D eigenvalue weighted by molar-refractivity contribution is 7.91. The van der Waals surface area contributed by atoms with Crippen LogP contribution in [0.1, 0.15) is 23.5 Å². The van der Waals surface area contributed by atoms with Crippen molar-refractivity contribution in [3.8, 4) is 0 Å². The Morgan fingerprint density at radius 1 is 1.53 bits per heavy atom. The predicted octanol–water partition coefficient (Wildman–Crippen LogP) is 1.64. The van der Waals surface area contributed by atoms with Gasteiger partial charge >= 0.3 is 0 Å². The van der Waals surface area contributed by atoms with Gasteiger partial charge in [-0.05, 0) is 18.4 Å². The number of sulfone groups is 1. The molecule has 1 atom stereocenters. The molecule has 1 aromatic heterocycles. The van der Waals surface area contributed by atoms with Gasteiger partial charge in [-0.3, -0.25) is 4.79 Å². The standard InChI is InChI=1S/C11H17NO3S2/c1-4-17(14,15)8-9(2)12(3)11(13)10-6-5-7-16-10/h5-7,9H,4,8H2,1-3H3. The lowest BCUT2D eigenvalue weighted by Crippen LogP contribution is -2.39. The van der Waals surface area contributed by atoms with Crippen LogP contribution in [0.25, 0.3) is 0 Å². The minimum absolute atomic E-state index is 0.0110. The first kappa shape index (κ1) is 14.2. The normalized spacial score (nSPS) is 13.4. The molecule has 17 heavy (non-hydrogen) atoms. The van der Waals surface area contributed by atoms with Crippen LogP contribution in [0.4, 0.5) is 0 Å². The summed E-state index contributed by atoms with van der Waals surface area (Å²) < 4.78 is 23.0. The first-order valence-electron chi connectivity index (χ1n) is 5.38. The van der Waals surface area contributed by atoms with Crippen LogP contribution in [0.3, 0.4) is 0 Å². The third-order valence-electron chi connectivity index (χ3n) is 2.65. The Bertz CT molecular complexity index is 465. The fourth-order valence-electron chi connectivity index (χ4n) is 1.37. The van der Waals surface area contributed by atoms with E-state index in [1.165, 1.54) is 16.2 Å². The summed E-state index contributed by atoms with van der Waals surface area (Å²) in [6, 6.07) is 3.23. The largest absolute Gasteiger partial charge is 0.337 e. The van der Waals surface area contributed by atoms with E-state index in [4.69, 9.17) is 0 Å². The molecule has 1 heterocycles. The maximum Gasteiger partial charge on any atom is 0.263 e. The fourth-order valence-corrected chi connectivity index (χ4v) is 3.27. The molecule has 0 fully saturated rings. The monoisotopic (exact) mass is 275 g/mol. The summed E-state index contributed by atoms with van der Waals surface area (Å²) in [4.78, 5) is 14.1. The van der Waals surface area contributed by atoms with Gasteiger partial charge in [0.1, 0.15) is 0 Å². The molecule has 0 aliphatic heterocycles. The zero-order valence-corrected chi connectivity index (χ0v) is 11.8. The number of rotatable bonds is 5. The Hall–Kier alpha value is -0.880. The van der Waals surface area contributed by atoms with E-state index >= 15 is 0 Å². The fraction of sp³-hybridized carbons (Fsp3) is 0.545. The molecule has 1 aromatic rings. The average Bonchev–Trinajstić information content (AvgIpc) is 2.80. The molecular weight excluding hydrogens is 258 g/mol. The van der Waals surface area contributed by atoms with Gasteiger partial charge in [-0.2, -0.15) is 0 Å². The number of nitrogens with zero attached hydrogens (tertiary/aromatic N) is 1. The second-order valence-electron chi connectivity index (χ2n) is 3.94. The van der Waals surface area contributed by atoms with E-state index < -0.39 is 9.84 Å². The molecule has 96 valence electrons. The van der Waals surface area contributed by atoms with Crippen LogP contribution >= 0.6 is 11.3 Å². The van der Waals surface area contributed by atoms with Crippen molar-refractivity contribution in [2.45, 2.75) is 19.9 Å². The lowest BCUT2D eigenvalue weighted by atomic mass is 10.3. The van der Waals surface area contributed by atoms with E-state index in [9.17, 15) is 13.2 Å². The minimum atomic E-state index is -3.06. The van der Waals surface area contributed by atoms with Gasteiger partial charge in [0.2, 0.25) is 0 Å². The Balaban J connectivity index is 2.71. The molecular formula is C11H17NO3S2.